The Morgan fingerprint density at radius 3 is 2.00 bits per heavy atom. The van der Waals surface area contributed by atoms with Gasteiger partial charge in [0, 0.05) is 0 Å². The van der Waals surface area contributed by atoms with E-state index >= 15 is 0 Å². The lowest BCUT2D eigenvalue weighted by atomic mass is 10.0. The van der Waals surface area contributed by atoms with Gasteiger partial charge in [-0.2, -0.15) is 0 Å². The van der Waals surface area contributed by atoms with Gasteiger partial charge in [0.25, 0.3) is 0 Å². The number of aliphatic hydroxyl groups is 1. The van der Waals surface area contributed by atoms with E-state index in [1.54, 1.807) is 6.92 Å². The molecule has 0 radical (unpaired) electrons. The molecule has 0 aliphatic rings. The minimum Gasteiger partial charge on any atom is -0.394 e. The number of hydrogen-bond donors (Lipinski definition) is 4. The molecule has 0 fully saturated rings. The van der Waals surface area contributed by atoms with Crippen LogP contribution in [0, 0.1) is 11.8 Å². The third kappa shape index (κ3) is 6.86. The molecular weight excluding hydrogens is 258 g/mol. The minimum atomic E-state index is -0.673. The number of nitrogens with two attached hydrogens (primary N) is 1. The van der Waals surface area contributed by atoms with Crippen molar-refractivity contribution < 1.29 is 14.7 Å². The van der Waals surface area contributed by atoms with Crippen LogP contribution in [0.1, 0.15) is 41.0 Å². The molecule has 0 aliphatic carbocycles. The van der Waals surface area contributed by atoms with Crippen LogP contribution >= 0.6 is 0 Å². The van der Waals surface area contributed by atoms with E-state index in [0.29, 0.717) is 12.3 Å². The van der Waals surface area contributed by atoms with Crippen LogP contribution in [0.15, 0.2) is 0 Å². The van der Waals surface area contributed by atoms with E-state index in [4.69, 9.17) is 5.73 Å². The van der Waals surface area contributed by atoms with E-state index in [1.807, 2.05) is 27.7 Å². The predicted octanol–water partition coefficient (Wildman–Crippen LogP) is -0.00240. The quantitative estimate of drug-likeness (QED) is 0.504. The average Bonchev–Trinajstić information content (AvgIpc) is 2.35. The first-order chi connectivity index (χ1) is 9.18. The zero-order chi connectivity index (χ0) is 15.9. The van der Waals surface area contributed by atoms with Crippen molar-refractivity contribution in [3.8, 4) is 0 Å². The van der Waals surface area contributed by atoms with E-state index in [0.717, 1.165) is 0 Å². The van der Waals surface area contributed by atoms with Crippen molar-refractivity contribution in [3.05, 3.63) is 0 Å². The molecule has 0 heterocycles. The molecule has 5 N–H and O–H groups in total. The summed E-state index contributed by atoms with van der Waals surface area (Å²) in [7, 11) is 0. The second-order valence-corrected chi connectivity index (χ2v) is 6.02. The summed E-state index contributed by atoms with van der Waals surface area (Å²) < 4.78 is 0. The highest BCUT2D eigenvalue weighted by Gasteiger charge is 2.23. The molecule has 0 aliphatic heterocycles. The van der Waals surface area contributed by atoms with E-state index < -0.39 is 12.1 Å². The SMILES string of the molecule is CC(C)CC(CO)NC(=O)C(C)NC(=O)C(N)C(C)C. The predicted molar refractivity (Wildman–Crippen MR) is 78.9 cm³/mol. The molecule has 2 amide bonds. The summed E-state index contributed by atoms with van der Waals surface area (Å²) in [6.45, 7) is 9.21. The number of hydrogen-bond acceptors (Lipinski definition) is 4. The van der Waals surface area contributed by atoms with Crippen molar-refractivity contribution in [3.63, 3.8) is 0 Å². The number of nitrogens with one attached hydrogen (secondary N) is 2. The number of amides is 2. The first-order valence-electron chi connectivity index (χ1n) is 7.16. The number of rotatable bonds is 8. The maximum atomic E-state index is 11.9. The maximum Gasteiger partial charge on any atom is 0.242 e. The Morgan fingerprint density at radius 2 is 1.60 bits per heavy atom. The fourth-order valence-corrected chi connectivity index (χ4v) is 1.75. The Balaban J connectivity index is 4.37. The van der Waals surface area contributed by atoms with Crippen LogP contribution in [0.3, 0.4) is 0 Å². The molecule has 6 nitrogen and oxygen atoms in total. The summed E-state index contributed by atoms with van der Waals surface area (Å²) in [4.78, 5) is 23.7. The second-order valence-electron chi connectivity index (χ2n) is 6.02. The van der Waals surface area contributed by atoms with Gasteiger partial charge in [0.15, 0.2) is 0 Å². The Bertz CT molecular complexity index is 319. The van der Waals surface area contributed by atoms with Crippen LogP contribution < -0.4 is 16.4 Å². The fourth-order valence-electron chi connectivity index (χ4n) is 1.75. The lowest BCUT2D eigenvalue weighted by Crippen LogP contribution is -2.53. The lowest BCUT2D eigenvalue weighted by Gasteiger charge is -2.23. The van der Waals surface area contributed by atoms with Gasteiger partial charge in [-0.25, -0.2) is 0 Å². The molecule has 0 bridgehead atoms. The summed E-state index contributed by atoms with van der Waals surface area (Å²) >= 11 is 0. The Labute approximate surface area is 121 Å². The molecule has 0 saturated carbocycles. The smallest absolute Gasteiger partial charge is 0.242 e. The van der Waals surface area contributed by atoms with Crippen LogP contribution in [0.2, 0.25) is 0 Å². The molecule has 3 unspecified atom stereocenters. The van der Waals surface area contributed by atoms with Crippen LogP contribution in [0.25, 0.3) is 0 Å². The average molecular weight is 287 g/mol. The van der Waals surface area contributed by atoms with E-state index in [9.17, 15) is 14.7 Å². The van der Waals surface area contributed by atoms with Crippen molar-refractivity contribution in [2.45, 2.75) is 59.2 Å². The monoisotopic (exact) mass is 287 g/mol. The van der Waals surface area contributed by atoms with Gasteiger partial charge in [-0.3, -0.25) is 9.59 Å². The largest absolute Gasteiger partial charge is 0.394 e. The molecule has 0 aromatic carbocycles. The van der Waals surface area contributed by atoms with Gasteiger partial charge < -0.3 is 21.5 Å². The van der Waals surface area contributed by atoms with E-state index in [2.05, 4.69) is 10.6 Å². The number of carbonyl (C=O) groups excluding carboxylic acids is 2. The third-order valence-electron chi connectivity index (χ3n) is 3.10. The van der Waals surface area contributed by atoms with E-state index in [-0.39, 0.29) is 30.4 Å². The topological polar surface area (TPSA) is 104 Å². The summed E-state index contributed by atoms with van der Waals surface area (Å²) in [6, 6.07) is -1.59. The Hall–Kier alpha value is -1.14. The van der Waals surface area contributed by atoms with Gasteiger partial charge in [-0.1, -0.05) is 27.7 Å². The van der Waals surface area contributed by atoms with Crippen molar-refractivity contribution in [1.29, 1.82) is 0 Å². The molecule has 0 aromatic heterocycles. The van der Waals surface area contributed by atoms with Crippen LogP contribution in [-0.2, 0) is 9.59 Å². The fraction of sp³-hybridized carbons (Fsp3) is 0.857. The molecule has 0 rings (SSSR count). The van der Waals surface area contributed by atoms with Gasteiger partial charge in [0.2, 0.25) is 11.8 Å². The lowest BCUT2D eigenvalue weighted by molar-refractivity contribution is -0.130. The Kier molecular flexibility index (Phi) is 8.41. The van der Waals surface area contributed by atoms with Gasteiger partial charge in [-0.15, -0.1) is 0 Å². The zero-order valence-corrected chi connectivity index (χ0v) is 13.1. The molecule has 6 heteroatoms. The highest BCUT2D eigenvalue weighted by Crippen LogP contribution is 2.04. The van der Waals surface area contributed by atoms with Gasteiger partial charge in [0.05, 0.1) is 18.7 Å². The third-order valence-corrected chi connectivity index (χ3v) is 3.10. The molecule has 0 saturated heterocycles. The number of aliphatic hydroxyl groups excluding tert-OH is 1. The Morgan fingerprint density at radius 1 is 1.05 bits per heavy atom. The van der Waals surface area contributed by atoms with Gasteiger partial charge in [-0.05, 0) is 25.2 Å². The highest BCUT2D eigenvalue weighted by molar-refractivity contribution is 5.89. The molecular formula is C14H29N3O3. The number of carbonyl (C=O) groups is 2. The maximum absolute atomic E-state index is 11.9. The van der Waals surface area contributed by atoms with Crippen LogP contribution in [0.4, 0.5) is 0 Å². The second kappa shape index (κ2) is 8.92. The van der Waals surface area contributed by atoms with Gasteiger partial charge in [0.1, 0.15) is 6.04 Å². The molecule has 20 heavy (non-hydrogen) atoms. The van der Waals surface area contributed by atoms with Crippen molar-refractivity contribution >= 4 is 11.8 Å². The first-order valence-corrected chi connectivity index (χ1v) is 7.16. The summed E-state index contributed by atoms with van der Waals surface area (Å²) in [5, 5.41) is 14.5. The van der Waals surface area contributed by atoms with E-state index in [1.165, 1.54) is 0 Å². The van der Waals surface area contributed by atoms with Gasteiger partial charge >= 0.3 is 0 Å². The minimum absolute atomic E-state index is 0.0105. The molecule has 3 atom stereocenters. The standard InChI is InChI=1S/C14H29N3O3/c1-8(2)6-11(7-18)17-13(19)10(5)16-14(20)12(15)9(3)4/h8-12,18H,6-7,15H2,1-5H3,(H,16,20)(H,17,19). The molecule has 0 aromatic rings. The van der Waals surface area contributed by atoms with Crippen molar-refractivity contribution in [2.24, 2.45) is 17.6 Å². The van der Waals surface area contributed by atoms with Crippen molar-refractivity contribution in [1.82, 2.24) is 10.6 Å². The summed E-state index contributed by atoms with van der Waals surface area (Å²) in [5.74, 6) is -0.274. The first kappa shape index (κ1) is 18.9. The zero-order valence-electron chi connectivity index (χ0n) is 13.1. The molecule has 118 valence electrons. The highest BCUT2D eigenvalue weighted by atomic mass is 16.3. The summed E-state index contributed by atoms with van der Waals surface area (Å²) in [5.41, 5.74) is 5.72. The van der Waals surface area contributed by atoms with Crippen molar-refractivity contribution in [2.75, 3.05) is 6.61 Å². The summed E-state index contributed by atoms with van der Waals surface area (Å²) in [6.07, 6.45) is 0.689. The normalized spacial score (nSPS) is 15.8. The van der Waals surface area contributed by atoms with Crippen LogP contribution in [0.5, 0.6) is 0 Å². The van der Waals surface area contributed by atoms with Crippen LogP contribution in [-0.4, -0.2) is 41.7 Å². The molecule has 0 spiro atoms.